The average Bonchev–Trinajstić information content (AvgIpc) is 3.19. The first-order valence-corrected chi connectivity index (χ1v) is 13.4. The molecule has 0 aliphatic rings. The Bertz CT molecular complexity index is 1470. The second-order valence-electron chi connectivity index (χ2n) is 8.94. The number of carbonyl (C=O) groups is 1. The Hall–Kier alpha value is -3.28. The summed E-state index contributed by atoms with van der Waals surface area (Å²) in [5.74, 6) is -0.832. The number of nitrogens with zero attached hydrogens (tertiary/aromatic N) is 1. The zero-order chi connectivity index (χ0) is 27.4. The summed E-state index contributed by atoms with van der Waals surface area (Å²) in [7, 11) is 0. The van der Waals surface area contributed by atoms with E-state index >= 15 is 0 Å². The third-order valence-corrected chi connectivity index (χ3v) is 7.06. The van der Waals surface area contributed by atoms with Gasteiger partial charge in [0, 0.05) is 15.1 Å². The van der Waals surface area contributed by atoms with Crippen molar-refractivity contribution in [1.29, 1.82) is 0 Å². The van der Waals surface area contributed by atoms with Crippen LogP contribution in [0, 0.1) is 3.57 Å². The summed E-state index contributed by atoms with van der Waals surface area (Å²) in [6.07, 6.45) is -0.617. The Morgan fingerprint density at radius 2 is 1.79 bits per heavy atom. The maximum absolute atomic E-state index is 13.7. The number of amides is 1. The van der Waals surface area contributed by atoms with Crippen LogP contribution in [0.1, 0.15) is 31.4 Å². The number of aromatic nitrogens is 2. The van der Waals surface area contributed by atoms with Gasteiger partial charge in [-0.2, -0.15) is 0 Å². The fourth-order valence-corrected chi connectivity index (χ4v) is 5.04. The van der Waals surface area contributed by atoms with Crippen LogP contribution in [-0.4, -0.2) is 38.4 Å². The first-order valence-electron chi connectivity index (χ1n) is 11.9. The molecule has 0 fully saturated rings. The van der Waals surface area contributed by atoms with E-state index < -0.39 is 29.7 Å². The molecule has 1 heterocycles. The highest BCUT2D eigenvalue weighted by Crippen LogP contribution is 2.36. The molecule has 10 heteroatoms. The van der Waals surface area contributed by atoms with Gasteiger partial charge in [0.2, 0.25) is 11.8 Å². The number of hydrogen-bond acceptors (Lipinski definition) is 5. The molecule has 0 saturated carbocycles. The molecule has 0 saturated heterocycles. The minimum absolute atomic E-state index is 0.135. The molecule has 38 heavy (non-hydrogen) atoms. The van der Waals surface area contributed by atoms with Gasteiger partial charge in [0.25, 0.3) is 0 Å². The van der Waals surface area contributed by atoms with Crippen molar-refractivity contribution < 1.29 is 19.7 Å². The highest BCUT2D eigenvalue weighted by molar-refractivity contribution is 14.1. The Morgan fingerprint density at radius 3 is 2.42 bits per heavy atom. The van der Waals surface area contributed by atoms with Crippen LogP contribution >= 0.6 is 34.2 Å². The second kappa shape index (κ2) is 12.1. The van der Waals surface area contributed by atoms with Crippen molar-refractivity contribution in [3.63, 3.8) is 0 Å². The number of hydrogen-bond donors (Lipinski definition) is 4. The first-order chi connectivity index (χ1) is 18.2. The molecule has 1 aromatic heterocycles. The summed E-state index contributed by atoms with van der Waals surface area (Å²) in [5.41, 5.74) is 1.27. The van der Waals surface area contributed by atoms with E-state index in [0.717, 1.165) is 13.7 Å². The van der Waals surface area contributed by atoms with E-state index in [1.165, 1.54) is 0 Å². The average molecular weight is 648 g/mol. The Morgan fingerprint density at radius 1 is 1.11 bits per heavy atom. The van der Waals surface area contributed by atoms with Gasteiger partial charge in [-0.1, -0.05) is 48.9 Å². The number of nitrogens with one attached hydrogen (secondary N) is 2. The van der Waals surface area contributed by atoms with E-state index in [1.807, 2.05) is 43.3 Å². The molecule has 4 aromatic rings. The van der Waals surface area contributed by atoms with E-state index in [1.54, 1.807) is 43.3 Å². The van der Waals surface area contributed by atoms with Crippen molar-refractivity contribution in [2.45, 2.75) is 31.9 Å². The van der Waals surface area contributed by atoms with E-state index in [-0.39, 0.29) is 18.2 Å². The zero-order valence-electron chi connectivity index (χ0n) is 20.7. The number of imidazole rings is 1. The van der Waals surface area contributed by atoms with Crippen LogP contribution in [0.3, 0.4) is 0 Å². The number of anilines is 1. The van der Waals surface area contributed by atoms with Crippen molar-refractivity contribution in [3.05, 3.63) is 97.4 Å². The molecule has 0 unspecified atom stereocenters. The van der Waals surface area contributed by atoms with Gasteiger partial charge in [0.15, 0.2) is 0 Å². The number of benzene rings is 3. The molecule has 3 aromatic carbocycles. The van der Waals surface area contributed by atoms with Crippen molar-refractivity contribution in [2.75, 3.05) is 11.9 Å². The minimum Gasteiger partial charge on any atom is -0.493 e. The molecule has 3 atom stereocenters. The molecule has 8 nitrogen and oxygen atoms in total. The van der Waals surface area contributed by atoms with Crippen LogP contribution in [0.25, 0.3) is 11.3 Å². The van der Waals surface area contributed by atoms with E-state index in [4.69, 9.17) is 16.3 Å². The molecule has 0 aliphatic heterocycles. The fraction of sp³-hybridized carbons (Fsp3) is 0.214. The summed E-state index contributed by atoms with van der Waals surface area (Å²) in [4.78, 5) is 29.6. The number of H-pyrrole nitrogens is 1. The van der Waals surface area contributed by atoms with Gasteiger partial charge in [0.1, 0.15) is 24.1 Å². The lowest BCUT2D eigenvalue weighted by molar-refractivity contribution is -0.120. The van der Waals surface area contributed by atoms with Crippen LogP contribution in [0.4, 0.5) is 5.69 Å². The lowest BCUT2D eigenvalue weighted by atomic mass is 9.92. The number of carbonyl (C=O) groups excluding carboxylic acids is 1. The molecular formula is C28H27ClIN3O5. The summed E-state index contributed by atoms with van der Waals surface area (Å²) in [6.45, 7) is 3.58. The van der Waals surface area contributed by atoms with Crippen molar-refractivity contribution in [3.8, 4) is 22.9 Å². The molecule has 0 spiro atoms. The predicted molar refractivity (Wildman–Crippen MR) is 156 cm³/mol. The molecule has 0 aliphatic carbocycles. The molecular weight excluding hydrogens is 621 g/mol. The van der Waals surface area contributed by atoms with Gasteiger partial charge in [0.05, 0.1) is 16.8 Å². The summed E-state index contributed by atoms with van der Waals surface area (Å²) in [6, 6.07) is 20.1. The van der Waals surface area contributed by atoms with Gasteiger partial charge < -0.3 is 25.3 Å². The number of ether oxygens (including phenoxy) is 1. The van der Waals surface area contributed by atoms with Gasteiger partial charge in [-0.3, -0.25) is 4.79 Å². The zero-order valence-corrected chi connectivity index (χ0v) is 23.6. The summed E-state index contributed by atoms with van der Waals surface area (Å²) >= 11 is 8.48. The third-order valence-electron chi connectivity index (χ3n) is 6.07. The number of aromatic hydroxyl groups is 1. The standard InChI is InChI=1S/C28H27ClIN3O5/c1-16(34)15-38-21-11-8-19(9-12-21)24-27(36)33(28(37)32-24)25(17(2)18-6-4-3-5-7-18)26(35)31-23-13-10-20(30)14-22(23)29/h3-14,16-17,25,34,36H,15H2,1-2H3,(H,31,35)(H,32,37)/t16-,17+,25+/m1/s1. The van der Waals surface area contributed by atoms with Crippen LogP contribution in [-0.2, 0) is 4.79 Å². The Kier molecular flexibility index (Phi) is 8.80. The van der Waals surface area contributed by atoms with Crippen molar-refractivity contribution >= 4 is 45.8 Å². The van der Waals surface area contributed by atoms with Gasteiger partial charge in [-0.15, -0.1) is 0 Å². The summed E-state index contributed by atoms with van der Waals surface area (Å²) in [5, 5.41) is 23.8. The molecule has 1 amide bonds. The van der Waals surface area contributed by atoms with Crippen LogP contribution in [0.5, 0.6) is 11.6 Å². The third kappa shape index (κ3) is 6.23. The smallest absolute Gasteiger partial charge is 0.329 e. The van der Waals surface area contributed by atoms with Crippen LogP contribution in [0.2, 0.25) is 5.02 Å². The fourth-order valence-electron chi connectivity index (χ4n) is 4.14. The Balaban J connectivity index is 1.73. The Labute approximate surface area is 238 Å². The molecule has 0 bridgehead atoms. The quantitative estimate of drug-likeness (QED) is 0.178. The van der Waals surface area contributed by atoms with Crippen molar-refractivity contribution in [2.24, 2.45) is 0 Å². The van der Waals surface area contributed by atoms with E-state index in [9.17, 15) is 19.8 Å². The predicted octanol–water partition coefficient (Wildman–Crippen LogP) is 5.55. The molecule has 198 valence electrons. The number of aliphatic hydroxyl groups is 1. The topological polar surface area (TPSA) is 117 Å². The highest BCUT2D eigenvalue weighted by atomic mass is 127. The van der Waals surface area contributed by atoms with Gasteiger partial charge in [-0.25, -0.2) is 9.36 Å². The van der Waals surface area contributed by atoms with Crippen molar-refractivity contribution in [1.82, 2.24) is 9.55 Å². The first kappa shape index (κ1) is 27.7. The summed E-state index contributed by atoms with van der Waals surface area (Å²) < 4.78 is 7.47. The minimum atomic E-state index is -1.10. The van der Waals surface area contributed by atoms with E-state index in [0.29, 0.717) is 22.0 Å². The van der Waals surface area contributed by atoms with Gasteiger partial charge >= 0.3 is 5.69 Å². The molecule has 4 rings (SSSR count). The maximum Gasteiger partial charge on any atom is 0.329 e. The largest absolute Gasteiger partial charge is 0.493 e. The van der Waals surface area contributed by atoms with Crippen LogP contribution in [0.15, 0.2) is 77.6 Å². The number of halogens is 2. The van der Waals surface area contributed by atoms with E-state index in [2.05, 4.69) is 32.9 Å². The number of aliphatic hydroxyl groups excluding tert-OH is 1. The molecule has 0 radical (unpaired) electrons. The van der Waals surface area contributed by atoms with Crippen LogP contribution < -0.4 is 15.7 Å². The maximum atomic E-state index is 13.7. The molecule has 4 N–H and O–H groups in total. The SMILES string of the molecule is C[C@@H](O)COc1ccc(-c2[nH]c(=O)n([C@H](C(=O)Nc3ccc(I)cc3Cl)[C@@H](C)c3ccccc3)c2O)cc1. The highest BCUT2D eigenvalue weighted by Gasteiger charge is 2.33. The normalized spacial score (nSPS) is 13.5. The lowest BCUT2D eigenvalue weighted by Gasteiger charge is -2.25. The number of aromatic amines is 1. The number of rotatable bonds is 9. The lowest BCUT2D eigenvalue weighted by Crippen LogP contribution is -2.35. The second-order valence-corrected chi connectivity index (χ2v) is 10.6. The monoisotopic (exact) mass is 647 g/mol. The van der Waals surface area contributed by atoms with Gasteiger partial charge in [-0.05, 0) is 77.5 Å².